The summed E-state index contributed by atoms with van der Waals surface area (Å²) in [6.45, 7) is 4.51. The summed E-state index contributed by atoms with van der Waals surface area (Å²) in [4.78, 5) is 26.1. The number of amides is 2. The molecule has 0 spiro atoms. The maximum Gasteiger partial charge on any atom is 0.261 e. The number of ether oxygens (including phenoxy) is 1. The molecule has 0 atom stereocenters. The zero-order valence-electron chi connectivity index (χ0n) is 13.5. The van der Waals surface area contributed by atoms with Crippen molar-refractivity contribution < 1.29 is 14.3 Å². The molecule has 1 aromatic carbocycles. The molecule has 2 rings (SSSR count). The second-order valence-electron chi connectivity index (χ2n) is 5.15. The molecule has 0 aliphatic rings. The van der Waals surface area contributed by atoms with Crippen LogP contribution in [0.1, 0.15) is 15.2 Å². The first-order chi connectivity index (χ1) is 11.6. The molecule has 126 valence electrons. The quantitative estimate of drug-likeness (QED) is 0.749. The minimum atomic E-state index is -0.226. The number of carbonyl (C=O) groups is 2. The molecule has 0 saturated heterocycles. The molecule has 0 aliphatic carbocycles. The van der Waals surface area contributed by atoms with Crippen LogP contribution in [0.3, 0.4) is 0 Å². The minimum Gasteiger partial charge on any atom is -0.490 e. The zero-order valence-corrected chi connectivity index (χ0v) is 14.3. The maximum absolute atomic E-state index is 12.1. The molecule has 0 bridgehead atoms. The Labute approximate surface area is 145 Å². The fraction of sp³-hybridized carbons (Fsp3) is 0.222. The Bertz CT molecular complexity index is 681. The van der Waals surface area contributed by atoms with E-state index in [1.54, 1.807) is 30.2 Å². The van der Waals surface area contributed by atoms with E-state index in [0.717, 1.165) is 11.3 Å². The molecule has 24 heavy (non-hydrogen) atoms. The molecule has 1 aromatic heterocycles. The Morgan fingerprint density at radius 2 is 2.04 bits per heavy atom. The number of hydrogen-bond donors (Lipinski definition) is 1. The number of benzene rings is 1. The predicted octanol–water partition coefficient (Wildman–Crippen LogP) is 2.70. The van der Waals surface area contributed by atoms with Gasteiger partial charge in [0.25, 0.3) is 5.91 Å². The lowest BCUT2D eigenvalue weighted by atomic mass is 10.2. The van der Waals surface area contributed by atoms with Crippen molar-refractivity contribution in [3.63, 3.8) is 0 Å². The van der Waals surface area contributed by atoms with Crippen molar-refractivity contribution in [2.45, 2.75) is 6.54 Å². The molecule has 0 aliphatic heterocycles. The highest BCUT2D eigenvalue weighted by atomic mass is 32.1. The van der Waals surface area contributed by atoms with Crippen LogP contribution in [-0.2, 0) is 11.3 Å². The van der Waals surface area contributed by atoms with E-state index < -0.39 is 0 Å². The average molecular weight is 344 g/mol. The van der Waals surface area contributed by atoms with Crippen LogP contribution < -0.4 is 10.1 Å². The summed E-state index contributed by atoms with van der Waals surface area (Å²) in [6, 6.07) is 11.1. The van der Waals surface area contributed by atoms with Crippen molar-refractivity contribution in [3.8, 4) is 5.75 Å². The van der Waals surface area contributed by atoms with Gasteiger partial charge in [-0.1, -0.05) is 30.9 Å². The Morgan fingerprint density at radius 1 is 1.29 bits per heavy atom. The van der Waals surface area contributed by atoms with Crippen LogP contribution in [0.4, 0.5) is 0 Å². The molecule has 2 aromatic rings. The van der Waals surface area contributed by atoms with Gasteiger partial charge in [0.2, 0.25) is 5.91 Å². The fourth-order valence-corrected chi connectivity index (χ4v) is 2.63. The fourth-order valence-electron chi connectivity index (χ4n) is 1.99. The summed E-state index contributed by atoms with van der Waals surface area (Å²) < 4.78 is 5.42. The lowest BCUT2D eigenvalue weighted by Crippen LogP contribution is -2.37. The topological polar surface area (TPSA) is 58.6 Å². The van der Waals surface area contributed by atoms with Gasteiger partial charge in [-0.25, -0.2) is 0 Å². The molecule has 0 fully saturated rings. The molecular weight excluding hydrogens is 324 g/mol. The van der Waals surface area contributed by atoms with E-state index in [0.29, 0.717) is 18.0 Å². The Morgan fingerprint density at radius 3 is 2.67 bits per heavy atom. The molecule has 1 N–H and O–H groups in total. The first-order valence-corrected chi connectivity index (χ1v) is 8.36. The molecular formula is C18H20N2O3S. The van der Waals surface area contributed by atoms with Gasteiger partial charge in [-0.05, 0) is 29.1 Å². The smallest absolute Gasteiger partial charge is 0.261 e. The second-order valence-corrected chi connectivity index (χ2v) is 6.10. The van der Waals surface area contributed by atoms with Crippen LogP contribution in [0, 0.1) is 0 Å². The summed E-state index contributed by atoms with van der Waals surface area (Å²) in [5.41, 5.74) is 0.987. The summed E-state index contributed by atoms with van der Waals surface area (Å²) in [5, 5.41) is 4.46. The molecule has 1 heterocycles. The number of nitrogens with zero attached hydrogens (tertiary/aromatic N) is 1. The van der Waals surface area contributed by atoms with Crippen LogP contribution in [0.2, 0.25) is 0 Å². The first kappa shape index (κ1) is 17.7. The van der Waals surface area contributed by atoms with Crippen LogP contribution >= 0.6 is 11.3 Å². The summed E-state index contributed by atoms with van der Waals surface area (Å²) in [7, 11) is 1.71. The molecule has 0 radical (unpaired) electrons. The minimum absolute atomic E-state index is 0.0201. The van der Waals surface area contributed by atoms with Gasteiger partial charge in [0.05, 0.1) is 11.4 Å². The van der Waals surface area contributed by atoms with Gasteiger partial charge in [0.15, 0.2) is 0 Å². The maximum atomic E-state index is 12.1. The lowest BCUT2D eigenvalue weighted by molar-refractivity contribution is -0.129. The van der Waals surface area contributed by atoms with Crippen molar-refractivity contribution >= 4 is 23.2 Å². The third-order valence-corrected chi connectivity index (χ3v) is 4.15. The van der Waals surface area contributed by atoms with Crippen molar-refractivity contribution in [1.82, 2.24) is 10.2 Å². The highest BCUT2D eigenvalue weighted by Crippen LogP contribution is 2.13. The number of carbonyl (C=O) groups excluding carboxylic acids is 2. The molecule has 5 nitrogen and oxygen atoms in total. The van der Waals surface area contributed by atoms with Crippen LogP contribution in [0.5, 0.6) is 5.75 Å². The van der Waals surface area contributed by atoms with Crippen LogP contribution in [-0.4, -0.2) is 36.9 Å². The van der Waals surface area contributed by atoms with Gasteiger partial charge in [-0.2, -0.15) is 0 Å². The van der Waals surface area contributed by atoms with E-state index in [9.17, 15) is 9.59 Å². The normalized spacial score (nSPS) is 10.0. The SMILES string of the molecule is C=CCOc1ccc(CN(C)C(=O)CNC(=O)c2cccs2)cc1. The Hall–Kier alpha value is -2.60. The van der Waals surface area contributed by atoms with Gasteiger partial charge in [-0.3, -0.25) is 9.59 Å². The number of thiophene rings is 1. The highest BCUT2D eigenvalue weighted by Gasteiger charge is 2.12. The summed E-state index contributed by atoms with van der Waals surface area (Å²) >= 11 is 1.35. The van der Waals surface area contributed by atoms with Crippen molar-refractivity contribution in [2.24, 2.45) is 0 Å². The van der Waals surface area contributed by atoms with E-state index in [1.165, 1.54) is 11.3 Å². The molecule has 6 heteroatoms. The van der Waals surface area contributed by atoms with Crippen LogP contribution in [0.15, 0.2) is 54.4 Å². The average Bonchev–Trinajstić information content (AvgIpc) is 3.13. The highest BCUT2D eigenvalue weighted by molar-refractivity contribution is 7.12. The van der Waals surface area contributed by atoms with Gasteiger partial charge in [-0.15, -0.1) is 11.3 Å². The first-order valence-electron chi connectivity index (χ1n) is 7.48. The Kier molecular flexibility index (Phi) is 6.57. The monoisotopic (exact) mass is 344 g/mol. The molecule has 0 saturated carbocycles. The van der Waals surface area contributed by atoms with E-state index in [2.05, 4.69) is 11.9 Å². The number of likely N-dealkylation sites (N-methyl/N-ethyl adjacent to an activating group) is 1. The van der Waals surface area contributed by atoms with Crippen molar-refractivity contribution in [3.05, 3.63) is 64.9 Å². The summed E-state index contributed by atoms with van der Waals surface area (Å²) in [6.07, 6.45) is 1.69. The Balaban J connectivity index is 1.80. The van der Waals surface area contributed by atoms with Crippen LogP contribution in [0.25, 0.3) is 0 Å². The molecule has 0 unspecified atom stereocenters. The van der Waals surface area contributed by atoms with Gasteiger partial charge in [0, 0.05) is 13.6 Å². The van der Waals surface area contributed by atoms with E-state index in [4.69, 9.17) is 4.74 Å². The van der Waals surface area contributed by atoms with E-state index in [1.807, 2.05) is 29.6 Å². The molecule has 2 amide bonds. The van der Waals surface area contributed by atoms with Crippen molar-refractivity contribution in [1.29, 1.82) is 0 Å². The number of rotatable bonds is 8. The number of nitrogens with one attached hydrogen (secondary N) is 1. The number of hydrogen-bond acceptors (Lipinski definition) is 4. The van der Waals surface area contributed by atoms with Gasteiger partial charge in [0.1, 0.15) is 12.4 Å². The summed E-state index contributed by atoms with van der Waals surface area (Å²) in [5.74, 6) is 0.387. The third kappa shape index (κ3) is 5.24. The standard InChI is InChI=1S/C18H20N2O3S/c1-3-10-23-15-8-6-14(7-9-15)13-20(2)17(21)12-19-18(22)16-5-4-11-24-16/h3-9,11H,1,10,12-13H2,2H3,(H,19,22). The largest absolute Gasteiger partial charge is 0.490 e. The lowest BCUT2D eigenvalue weighted by Gasteiger charge is -2.17. The van der Waals surface area contributed by atoms with E-state index in [-0.39, 0.29) is 18.4 Å². The van der Waals surface area contributed by atoms with E-state index >= 15 is 0 Å². The van der Waals surface area contributed by atoms with Gasteiger partial charge < -0.3 is 15.0 Å². The second kappa shape index (κ2) is 8.88. The predicted molar refractivity (Wildman–Crippen MR) is 95.3 cm³/mol. The third-order valence-electron chi connectivity index (χ3n) is 3.28. The zero-order chi connectivity index (χ0) is 17.4. The van der Waals surface area contributed by atoms with Gasteiger partial charge >= 0.3 is 0 Å². The van der Waals surface area contributed by atoms with Crippen molar-refractivity contribution in [2.75, 3.05) is 20.2 Å².